The van der Waals surface area contributed by atoms with Gasteiger partial charge in [-0.05, 0) is 38.8 Å². The van der Waals surface area contributed by atoms with E-state index in [1.807, 2.05) is 6.07 Å². The average Bonchev–Trinajstić information content (AvgIpc) is 2.60. The van der Waals surface area contributed by atoms with Gasteiger partial charge in [0.2, 0.25) is 5.91 Å². The minimum Gasteiger partial charge on any atom is -0.355 e. The van der Waals surface area contributed by atoms with E-state index in [0.29, 0.717) is 25.0 Å². The molecule has 2 rings (SSSR count). The number of carbonyl (C=O) groups is 1. The first-order chi connectivity index (χ1) is 11.6. The second-order valence-corrected chi connectivity index (χ2v) is 7.16. The van der Waals surface area contributed by atoms with Crippen molar-refractivity contribution in [1.82, 2.24) is 10.2 Å². The van der Waals surface area contributed by atoms with Gasteiger partial charge in [-0.1, -0.05) is 61.7 Å². The molecule has 0 spiro atoms. The van der Waals surface area contributed by atoms with E-state index in [1.165, 1.54) is 37.7 Å². The third-order valence-electron chi connectivity index (χ3n) is 5.14. The summed E-state index contributed by atoms with van der Waals surface area (Å²) >= 11 is 0. The van der Waals surface area contributed by atoms with Crippen LogP contribution in [0.25, 0.3) is 0 Å². The zero-order chi connectivity index (χ0) is 17.4. The maximum atomic E-state index is 12.2. The lowest BCUT2D eigenvalue weighted by Gasteiger charge is -2.30. The summed E-state index contributed by atoms with van der Waals surface area (Å²) < 4.78 is 0. The molecule has 1 aliphatic carbocycles. The lowest BCUT2D eigenvalue weighted by atomic mass is 9.90. The normalized spacial score (nSPS) is 16.8. The van der Waals surface area contributed by atoms with E-state index in [-0.39, 0.29) is 5.91 Å². The molecule has 0 aromatic heterocycles. The van der Waals surface area contributed by atoms with Gasteiger partial charge in [-0.3, -0.25) is 9.69 Å². The summed E-state index contributed by atoms with van der Waals surface area (Å²) in [5, 5.41) is 3.09. The van der Waals surface area contributed by atoms with Gasteiger partial charge in [0, 0.05) is 18.5 Å². The van der Waals surface area contributed by atoms with Crippen molar-refractivity contribution in [3.05, 3.63) is 48.0 Å². The molecule has 1 aromatic rings. The molecule has 0 saturated heterocycles. The number of allylic oxidation sites excluding steroid dienone is 1. The number of nitrogens with zero attached hydrogens (tertiary/aromatic N) is 1. The molecular weight excluding hydrogens is 296 g/mol. The van der Waals surface area contributed by atoms with Gasteiger partial charge in [0.05, 0.1) is 6.54 Å². The molecule has 1 aliphatic rings. The van der Waals surface area contributed by atoms with Crippen LogP contribution in [0.4, 0.5) is 0 Å². The predicted octanol–water partition coefficient (Wildman–Crippen LogP) is 4.12. The number of amides is 1. The molecule has 132 valence electrons. The van der Waals surface area contributed by atoms with Crippen molar-refractivity contribution < 1.29 is 4.79 Å². The van der Waals surface area contributed by atoms with Crippen molar-refractivity contribution in [2.75, 3.05) is 20.1 Å². The Bertz CT molecular complexity index is 520. The molecule has 1 fully saturated rings. The summed E-state index contributed by atoms with van der Waals surface area (Å²) in [4.78, 5) is 14.4. The van der Waals surface area contributed by atoms with E-state index < -0.39 is 0 Å². The average molecular weight is 328 g/mol. The monoisotopic (exact) mass is 328 g/mol. The highest BCUT2D eigenvalue weighted by atomic mass is 16.2. The van der Waals surface area contributed by atoms with Crippen LogP contribution in [0.1, 0.15) is 56.9 Å². The van der Waals surface area contributed by atoms with E-state index in [4.69, 9.17) is 0 Å². The van der Waals surface area contributed by atoms with Crippen molar-refractivity contribution in [3.63, 3.8) is 0 Å². The Morgan fingerprint density at radius 1 is 1.25 bits per heavy atom. The second-order valence-electron chi connectivity index (χ2n) is 7.16. The van der Waals surface area contributed by atoms with Crippen molar-refractivity contribution in [3.8, 4) is 0 Å². The fourth-order valence-electron chi connectivity index (χ4n) is 3.67. The Balaban J connectivity index is 1.75. The van der Waals surface area contributed by atoms with Crippen molar-refractivity contribution >= 4 is 5.91 Å². The van der Waals surface area contributed by atoms with Crippen LogP contribution in [0.15, 0.2) is 42.5 Å². The molecule has 1 amide bonds. The molecule has 0 aliphatic heterocycles. The topological polar surface area (TPSA) is 32.3 Å². The zero-order valence-corrected chi connectivity index (χ0v) is 15.3. The fraction of sp³-hybridized carbons (Fsp3) is 0.571. The zero-order valence-electron chi connectivity index (χ0n) is 15.3. The fourth-order valence-corrected chi connectivity index (χ4v) is 3.67. The standard InChI is InChI=1S/C21H32N2O/c1-17(2)20(18-10-6-4-7-11-18)14-15-22-21(24)16-23(3)19-12-8-5-9-13-19/h4,6-7,10-11,19-20H,1,5,8-9,12-16H2,2-3H3,(H,22,24). The van der Waals surface area contributed by atoms with Gasteiger partial charge in [-0.15, -0.1) is 0 Å². The Morgan fingerprint density at radius 2 is 1.92 bits per heavy atom. The second kappa shape index (κ2) is 9.63. The van der Waals surface area contributed by atoms with Gasteiger partial charge < -0.3 is 5.32 Å². The summed E-state index contributed by atoms with van der Waals surface area (Å²) in [6.45, 7) is 7.39. The SMILES string of the molecule is C=C(C)C(CCNC(=O)CN(C)C1CCCCC1)c1ccccc1. The highest BCUT2D eigenvalue weighted by Gasteiger charge is 2.20. The quantitative estimate of drug-likeness (QED) is 0.728. The van der Waals surface area contributed by atoms with Gasteiger partial charge in [0.1, 0.15) is 0 Å². The number of carbonyl (C=O) groups excluding carboxylic acids is 1. The molecule has 0 radical (unpaired) electrons. The molecule has 1 unspecified atom stereocenters. The molecule has 3 heteroatoms. The first-order valence-electron chi connectivity index (χ1n) is 9.25. The first-order valence-corrected chi connectivity index (χ1v) is 9.25. The summed E-state index contributed by atoms with van der Waals surface area (Å²) in [6.07, 6.45) is 7.31. The molecule has 0 bridgehead atoms. The van der Waals surface area contributed by atoms with Gasteiger partial charge in [0.25, 0.3) is 0 Å². The smallest absolute Gasteiger partial charge is 0.234 e. The predicted molar refractivity (Wildman–Crippen MR) is 101 cm³/mol. The summed E-state index contributed by atoms with van der Waals surface area (Å²) in [5.74, 6) is 0.444. The van der Waals surface area contributed by atoms with Gasteiger partial charge >= 0.3 is 0 Å². The van der Waals surface area contributed by atoms with E-state index in [0.717, 1.165) is 12.0 Å². The molecule has 24 heavy (non-hydrogen) atoms. The number of nitrogens with one attached hydrogen (secondary N) is 1. The van der Waals surface area contributed by atoms with Crippen LogP contribution in [0.5, 0.6) is 0 Å². The minimum atomic E-state index is 0.136. The van der Waals surface area contributed by atoms with E-state index in [2.05, 4.69) is 55.0 Å². The molecule has 1 N–H and O–H groups in total. The van der Waals surface area contributed by atoms with Crippen molar-refractivity contribution in [2.24, 2.45) is 0 Å². The van der Waals surface area contributed by atoms with Crippen molar-refractivity contribution in [1.29, 1.82) is 0 Å². The minimum absolute atomic E-state index is 0.136. The lowest BCUT2D eigenvalue weighted by Crippen LogP contribution is -2.41. The van der Waals surface area contributed by atoms with E-state index >= 15 is 0 Å². The largest absolute Gasteiger partial charge is 0.355 e. The third-order valence-corrected chi connectivity index (χ3v) is 5.14. The summed E-state index contributed by atoms with van der Waals surface area (Å²) in [6, 6.07) is 11.0. The Hall–Kier alpha value is -1.61. The number of likely N-dealkylation sites (N-methyl/N-ethyl adjacent to an activating group) is 1. The van der Waals surface area contributed by atoms with Gasteiger partial charge in [-0.2, -0.15) is 0 Å². The molecule has 3 nitrogen and oxygen atoms in total. The lowest BCUT2D eigenvalue weighted by molar-refractivity contribution is -0.122. The van der Waals surface area contributed by atoms with E-state index in [9.17, 15) is 4.79 Å². The van der Waals surface area contributed by atoms with Crippen LogP contribution in [-0.4, -0.2) is 37.0 Å². The van der Waals surface area contributed by atoms with Crippen LogP contribution in [0, 0.1) is 0 Å². The van der Waals surface area contributed by atoms with Crippen molar-refractivity contribution in [2.45, 2.75) is 57.4 Å². The maximum absolute atomic E-state index is 12.2. The molecule has 0 heterocycles. The van der Waals surface area contributed by atoms with Crippen LogP contribution >= 0.6 is 0 Å². The molecular formula is C21H32N2O. The first kappa shape index (κ1) is 18.7. The van der Waals surface area contributed by atoms with Gasteiger partial charge in [0.15, 0.2) is 0 Å². The highest BCUT2D eigenvalue weighted by Crippen LogP contribution is 2.26. The summed E-state index contributed by atoms with van der Waals surface area (Å²) in [7, 11) is 2.08. The number of hydrogen-bond donors (Lipinski definition) is 1. The Kier molecular flexibility index (Phi) is 7.51. The summed E-state index contributed by atoms with van der Waals surface area (Å²) in [5.41, 5.74) is 2.42. The van der Waals surface area contributed by atoms with Crippen LogP contribution in [0.3, 0.4) is 0 Å². The third kappa shape index (κ3) is 5.79. The van der Waals surface area contributed by atoms with Crippen LogP contribution in [-0.2, 0) is 4.79 Å². The molecule has 1 saturated carbocycles. The Labute approximate surface area is 147 Å². The number of benzene rings is 1. The molecule has 1 aromatic carbocycles. The number of hydrogen-bond acceptors (Lipinski definition) is 2. The molecule has 1 atom stereocenters. The van der Waals surface area contributed by atoms with Gasteiger partial charge in [-0.25, -0.2) is 0 Å². The van der Waals surface area contributed by atoms with E-state index in [1.54, 1.807) is 0 Å². The highest BCUT2D eigenvalue weighted by molar-refractivity contribution is 5.78. The van der Waals surface area contributed by atoms with Crippen LogP contribution in [0.2, 0.25) is 0 Å². The van der Waals surface area contributed by atoms with Crippen LogP contribution < -0.4 is 5.32 Å². The Morgan fingerprint density at radius 3 is 2.54 bits per heavy atom. The number of rotatable bonds is 8. The maximum Gasteiger partial charge on any atom is 0.234 e.